The van der Waals surface area contributed by atoms with Crippen LogP contribution in [0.5, 0.6) is 0 Å². The van der Waals surface area contributed by atoms with E-state index in [1.807, 2.05) is 42.5 Å². The zero-order chi connectivity index (χ0) is 32.5. The predicted octanol–water partition coefficient (Wildman–Crippen LogP) is 5.21. The molecule has 0 fully saturated rings. The van der Waals surface area contributed by atoms with Crippen molar-refractivity contribution in [3.8, 4) is 16.8 Å². The largest absolute Gasteiger partial charge is 0.458 e. The number of aromatic nitrogens is 6. The van der Waals surface area contributed by atoms with Crippen molar-refractivity contribution < 1.29 is 19.1 Å². The number of nitrogens with zero attached hydrogens (tertiary/aromatic N) is 6. The Morgan fingerprint density at radius 2 is 1.74 bits per heavy atom. The zero-order valence-corrected chi connectivity index (χ0v) is 26.0. The van der Waals surface area contributed by atoms with Crippen molar-refractivity contribution in [2.24, 2.45) is 0 Å². The van der Waals surface area contributed by atoms with E-state index in [1.165, 1.54) is 24.0 Å². The van der Waals surface area contributed by atoms with Crippen LogP contribution in [0, 0.1) is 0 Å². The lowest BCUT2D eigenvalue weighted by Gasteiger charge is -2.18. The molecule has 0 unspecified atom stereocenters. The highest BCUT2D eigenvalue weighted by Crippen LogP contribution is 2.29. The number of carbonyl (C=O) groups excluding carboxylic acids is 3. The van der Waals surface area contributed by atoms with E-state index in [4.69, 9.17) is 27.9 Å². The highest BCUT2D eigenvalue weighted by Gasteiger charge is 2.19. The van der Waals surface area contributed by atoms with Crippen LogP contribution in [-0.4, -0.2) is 54.7 Å². The summed E-state index contributed by atoms with van der Waals surface area (Å²) in [5, 5.41) is 23.5. The summed E-state index contributed by atoms with van der Waals surface area (Å²) in [4.78, 5) is 36.4. The van der Waals surface area contributed by atoms with Gasteiger partial charge in [-0.25, -0.2) is 0 Å². The van der Waals surface area contributed by atoms with Gasteiger partial charge >= 0.3 is 5.97 Å². The molecule has 5 aromatic rings. The van der Waals surface area contributed by atoms with Crippen LogP contribution in [0.15, 0.2) is 91.3 Å². The van der Waals surface area contributed by atoms with E-state index < -0.39 is 12.0 Å². The summed E-state index contributed by atoms with van der Waals surface area (Å²) >= 11 is 12.7. The van der Waals surface area contributed by atoms with E-state index in [-0.39, 0.29) is 29.9 Å². The summed E-state index contributed by atoms with van der Waals surface area (Å²) < 4.78 is 6.26. The number of rotatable bonds is 12. The molecule has 2 heterocycles. The van der Waals surface area contributed by atoms with Crippen molar-refractivity contribution in [2.45, 2.75) is 25.8 Å². The minimum absolute atomic E-state index is 0.117. The van der Waals surface area contributed by atoms with Crippen molar-refractivity contribution in [3.63, 3.8) is 0 Å². The van der Waals surface area contributed by atoms with Gasteiger partial charge in [0, 0.05) is 35.6 Å². The number of halogens is 2. The Kier molecular flexibility index (Phi) is 10.6. The minimum Gasteiger partial charge on any atom is -0.458 e. The molecule has 1 atom stereocenters. The molecule has 5 rings (SSSR count). The molecule has 13 heteroatoms. The van der Waals surface area contributed by atoms with E-state index in [2.05, 4.69) is 31.0 Å². The number of benzene rings is 3. The summed E-state index contributed by atoms with van der Waals surface area (Å²) in [5.74, 6) is -1.10. The highest BCUT2D eigenvalue weighted by atomic mass is 35.5. The number of esters is 1. The molecule has 46 heavy (non-hydrogen) atoms. The van der Waals surface area contributed by atoms with Crippen LogP contribution in [-0.2, 0) is 32.0 Å². The monoisotopic (exact) mass is 655 g/mol. The SMILES string of the molecule is CC(=O)OCC(=O)Cc1ccc(-c2cc([C@H](Cc3ccccc3)NC(=O)/C=C/c3cc(Cl)ccc3-n3cnnn3)nnc2Cl)cc1. The molecule has 2 aromatic heterocycles. The summed E-state index contributed by atoms with van der Waals surface area (Å²) in [7, 11) is 0. The summed E-state index contributed by atoms with van der Waals surface area (Å²) in [5.41, 5.74) is 4.88. The first kappa shape index (κ1) is 32.1. The molecule has 0 saturated heterocycles. The molecule has 0 saturated carbocycles. The van der Waals surface area contributed by atoms with Gasteiger partial charge in [-0.15, -0.1) is 10.2 Å². The maximum absolute atomic E-state index is 13.3. The molecule has 1 amide bonds. The van der Waals surface area contributed by atoms with Crippen LogP contribution in [0.1, 0.15) is 35.3 Å². The Morgan fingerprint density at radius 3 is 2.46 bits per heavy atom. The molecule has 1 N–H and O–H groups in total. The van der Waals surface area contributed by atoms with Gasteiger partial charge in [0.15, 0.2) is 10.9 Å². The average molecular weight is 657 g/mol. The van der Waals surface area contributed by atoms with E-state index >= 15 is 0 Å². The molecule has 232 valence electrons. The third-order valence-electron chi connectivity index (χ3n) is 6.83. The van der Waals surface area contributed by atoms with Gasteiger partial charge in [0.1, 0.15) is 12.9 Å². The van der Waals surface area contributed by atoms with Crippen molar-refractivity contribution in [1.82, 2.24) is 35.7 Å². The van der Waals surface area contributed by atoms with Gasteiger partial charge in [0.25, 0.3) is 0 Å². The molecular formula is C33H27Cl2N7O4. The fraction of sp³-hybridized carbons (Fsp3) is 0.152. The topological polar surface area (TPSA) is 142 Å². The van der Waals surface area contributed by atoms with E-state index in [0.29, 0.717) is 34.0 Å². The van der Waals surface area contributed by atoms with Gasteiger partial charge in [-0.3, -0.25) is 14.4 Å². The number of hydrogen-bond donors (Lipinski definition) is 1. The average Bonchev–Trinajstić information content (AvgIpc) is 3.59. The standard InChI is InChI=1S/C33H27Cl2N7O4/c1-21(43)46-19-27(44)15-23-7-9-24(10-8-23)28-18-30(38-39-33(28)35)29(16-22-5-3-2-4-6-22)37-32(45)14-11-25-17-26(34)12-13-31(25)42-20-36-40-41-42/h2-14,17-18,20,29H,15-16,19H2,1H3,(H,37,45)/b14-11+/t29-/m0/s1. The molecule has 0 aliphatic carbocycles. The maximum atomic E-state index is 13.3. The van der Waals surface area contributed by atoms with E-state index in [1.54, 1.807) is 42.5 Å². The van der Waals surface area contributed by atoms with Gasteiger partial charge < -0.3 is 10.1 Å². The second kappa shape index (κ2) is 15.2. The number of ketones is 1. The van der Waals surface area contributed by atoms with Gasteiger partial charge in [0.05, 0.1) is 17.4 Å². The molecule has 0 bridgehead atoms. The minimum atomic E-state index is -0.556. The Balaban J connectivity index is 1.38. The van der Waals surface area contributed by atoms with Crippen molar-refractivity contribution in [2.75, 3.05) is 6.61 Å². The predicted molar refractivity (Wildman–Crippen MR) is 172 cm³/mol. The number of ether oxygens (including phenoxy) is 1. The summed E-state index contributed by atoms with van der Waals surface area (Å²) in [6.45, 7) is 0.981. The molecule has 0 aliphatic rings. The smallest absolute Gasteiger partial charge is 0.303 e. The van der Waals surface area contributed by atoms with Gasteiger partial charge in [0.2, 0.25) is 5.91 Å². The maximum Gasteiger partial charge on any atom is 0.303 e. The fourth-order valence-electron chi connectivity index (χ4n) is 4.63. The van der Waals surface area contributed by atoms with Gasteiger partial charge in [-0.05, 0) is 63.9 Å². The lowest BCUT2D eigenvalue weighted by molar-refractivity contribution is -0.145. The second-order valence-electron chi connectivity index (χ2n) is 10.2. The Morgan fingerprint density at radius 1 is 0.957 bits per heavy atom. The van der Waals surface area contributed by atoms with Crippen LogP contribution < -0.4 is 5.32 Å². The Labute approximate surface area is 274 Å². The van der Waals surface area contributed by atoms with Crippen molar-refractivity contribution in [3.05, 3.63) is 124 Å². The molecule has 11 nitrogen and oxygen atoms in total. The van der Waals surface area contributed by atoms with Crippen molar-refractivity contribution >= 4 is 46.9 Å². The molecule has 3 aromatic carbocycles. The molecular weight excluding hydrogens is 629 g/mol. The third kappa shape index (κ3) is 8.68. The van der Waals surface area contributed by atoms with E-state index in [0.717, 1.165) is 16.7 Å². The van der Waals surface area contributed by atoms with Crippen molar-refractivity contribution in [1.29, 1.82) is 0 Å². The first-order valence-electron chi connectivity index (χ1n) is 14.1. The number of nitrogens with one attached hydrogen (secondary N) is 1. The molecule has 0 spiro atoms. The van der Waals surface area contributed by atoms with Crippen LogP contribution >= 0.6 is 23.2 Å². The zero-order valence-electron chi connectivity index (χ0n) is 24.5. The fourth-order valence-corrected chi connectivity index (χ4v) is 5.01. The normalized spacial score (nSPS) is 11.7. The van der Waals surface area contributed by atoms with Crippen LogP contribution in [0.25, 0.3) is 22.9 Å². The number of Topliss-reactive ketones (excluding diaryl/α,β-unsaturated/α-hetero) is 1. The lowest BCUT2D eigenvalue weighted by Crippen LogP contribution is -2.29. The lowest BCUT2D eigenvalue weighted by atomic mass is 9.99. The van der Waals surface area contributed by atoms with E-state index in [9.17, 15) is 14.4 Å². The number of carbonyl (C=O) groups is 3. The Bertz CT molecular complexity index is 1870. The number of amides is 1. The molecule has 0 aliphatic heterocycles. The number of hydrogen-bond acceptors (Lipinski definition) is 9. The summed E-state index contributed by atoms with van der Waals surface area (Å²) in [6, 6.07) is 23.3. The number of tetrazole rings is 1. The van der Waals surface area contributed by atoms with Gasteiger partial charge in [-0.2, -0.15) is 9.78 Å². The summed E-state index contributed by atoms with van der Waals surface area (Å²) in [6.07, 6.45) is 5.05. The third-order valence-corrected chi connectivity index (χ3v) is 7.34. The second-order valence-corrected chi connectivity index (χ2v) is 11.0. The quantitative estimate of drug-likeness (QED) is 0.141. The molecule has 0 radical (unpaired) electrons. The first-order valence-corrected chi connectivity index (χ1v) is 14.8. The van der Waals surface area contributed by atoms with Crippen LogP contribution in [0.2, 0.25) is 10.2 Å². The van der Waals surface area contributed by atoms with Crippen LogP contribution in [0.3, 0.4) is 0 Å². The van der Waals surface area contributed by atoms with Crippen LogP contribution in [0.4, 0.5) is 0 Å². The van der Waals surface area contributed by atoms with Gasteiger partial charge in [-0.1, -0.05) is 77.8 Å². The first-order chi connectivity index (χ1) is 22.2. The highest BCUT2D eigenvalue weighted by molar-refractivity contribution is 6.32. The Hall–Kier alpha value is -5.26.